The highest BCUT2D eigenvalue weighted by Gasteiger charge is 2.21. The fraction of sp³-hybridized carbons (Fsp3) is 0.455. The van der Waals surface area contributed by atoms with E-state index in [1.807, 2.05) is 18.2 Å². The van der Waals surface area contributed by atoms with E-state index in [2.05, 4.69) is 12.2 Å². The van der Waals surface area contributed by atoms with Crippen molar-refractivity contribution in [2.45, 2.75) is 25.8 Å². The molecule has 1 aliphatic heterocycles. The molecular formula is C11H15NO. The summed E-state index contributed by atoms with van der Waals surface area (Å²) in [5, 5.41) is 13.2. The van der Waals surface area contributed by atoms with Gasteiger partial charge in [0, 0.05) is 11.6 Å². The lowest BCUT2D eigenvalue weighted by Gasteiger charge is -2.29. The molecular weight excluding hydrogens is 162 g/mol. The number of para-hydroxylation sites is 1. The molecule has 1 aromatic carbocycles. The van der Waals surface area contributed by atoms with Gasteiger partial charge in [0.05, 0.1) is 0 Å². The minimum atomic E-state index is 0.381. The highest BCUT2D eigenvalue weighted by Crippen LogP contribution is 2.32. The van der Waals surface area contributed by atoms with Gasteiger partial charge < -0.3 is 10.4 Å². The summed E-state index contributed by atoms with van der Waals surface area (Å²) >= 11 is 0. The van der Waals surface area contributed by atoms with Crippen molar-refractivity contribution >= 4 is 0 Å². The molecule has 1 fully saturated rings. The van der Waals surface area contributed by atoms with E-state index in [4.69, 9.17) is 0 Å². The smallest absolute Gasteiger partial charge is 0.123 e. The predicted molar refractivity (Wildman–Crippen MR) is 52.8 cm³/mol. The number of phenolic OH excluding ortho intramolecular Hbond substituents is 1. The van der Waals surface area contributed by atoms with Crippen molar-refractivity contribution in [3.8, 4) is 5.75 Å². The summed E-state index contributed by atoms with van der Waals surface area (Å²) in [6, 6.07) is 6.39. The second kappa shape index (κ2) is 3.38. The van der Waals surface area contributed by atoms with E-state index < -0.39 is 0 Å². The van der Waals surface area contributed by atoms with E-state index in [0.29, 0.717) is 11.8 Å². The Bertz CT molecular complexity index is 305. The average Bonchev–Trinajstić information content (AvgIpc) is 2.05. The minimum absolute atomic E-state index is 0.381. The van der Waals surface area contributed by atoms with Crippen LogP contribution in [0.3, 0.4) is 0 Å². The van der Waals surface area contributed by atoms with Gasteiger partial charge in [0.1, 0.15) is 5.75 Å². The molecule has 2 nitrogen and oxygen atoms in total. The molecule has 2 rings (SSSR count). The van der Waals surface area contributed by atoms with E-state index in [1.165, 1.54) is 0 Å². The molecule has 1 heterocycles. The molecule has 1 saturated heterocycles. The van der Waals surface area contributed by atoms with Crippen LogP contribution in [0.5, 0.6) is 5.75 Å². The van der Waals surface area contributed by atoms with Crippen LogP contribution >= 0.6 is 0 Å². The number of nitrogens with one attached hydrogen (secondary N) is 1. The van der Waals surface area contributed by atoms with Gasteiger partial charge in [-0.2, -0.15) is 0 Å². The topological polar surface area (TPSA) is 32.3 Å². The lowest BCUT2D eigenvalue weighted by Crippen LogP contribution is -2.35. The first kappa shape index (κ1) is 8.57. The molecule has 0 amide bonds. The lowest BCUT2D eigenvalue weighted by molar-refractivity contribution is 0.363. The van der Waals surface area contributed by atoms with E-state index in [9.17, 15) is 5.11 Å². The summed E-state index contributed by atoms with van der Waals surface area (Å²) in [4.78, 5) is 0. The van der Waals surface area contributed by atoms with Crippen LogP contribution in [0.2, 0.25) is 0 Å². The molecule has 0 unspecified atom stereocenters. The molecule has 1 aliphatic rings. The minimum Gasteiger partial charge on any atom is -0.507 e. The number of benzene rings is 1. The Kier molecular flexibility index (Phi) is 2.23. The maximum atomic E-state index is 9.88. The molecule has 70 valence electrons. The van der Waals surface area contributed by atoms with Gasteiger partial charge in [0.2, 0.25) is 0 Å². The van der Waals surface area contributed by atoms with Crippen molar-refractivity contribution in [1.29, 1.82) is 0 Å². The maximum absolute atomic E-state index is 9.88. The first-order valence-corrected chi connectivity index (χ1v) is 4.87. The monoisotopic (exact) mass is 177 g/mol. The van der Waals surface area contributed by atoms with E-state index >= 15 is 0 Å². The summed E-state index contributed by atoms with van der Waals surface area (Å²) in [5.41, 5.74) is 2.11. The Balaban J connectivity index is 2.33. The van der Waals surface area contributed by atoms with Crippen molar-refractivity contribution in [3.05, 3.63) is 29.3 Å². The Labute approximate surface area is 78.6 Å². The predicted octanol–water partition coefficient (Wildman–Crippen LogP) is 1.99. The highest BCUT2D eigenvalue weighted by molar-refractivity contribution is 5.42. The highest BCUT2D eigenvalue weighted by atomic mass is 16.3. The van der Waals surface area contributed by atoms with Crippen LogP contribution in [0, 0.1) is 0 Å². The molecule has 2 N–H and O–H groups in total. The summed E-state index contributed by atoms with van der Waals surface area (Å²) in [5.74, 6) is 0.488. The molecule has 1 aromatic rings. The van der Waals surface area contributed by atoms with Crippen LogP contribution in [0.4, 0.5) is 0 Å². The Hall–Kier alpha value is -1.02. The molecule has 0 aliphatic carbocycles. The zero-order valence-corrected chi connectivity index (χ0v) is 7.88. The number of hydrogen-bond donors (Lipinski definition) is 2. The Morgan fingerprint density at radius 1 is 1.54 bits per heavy atom. The second-order valence-corrected chi connectivity index (χ2v) is 3.50. The first-order chi connectivity index (χ1) is 6.33. The largest absolute Gasteiger partial charge is 0.507 e. The quantitative estimate of drug-likeness (QED) is 0.724. The number of phenols is 1. The standard InChI is InChI=1S/C11H15NO/c1-2-8-4-3-5-9(11(8)13)10-6-7-12-10/h3-5,10,12-13H,2,6-7H2,1H3/t10-/m1/s1. The molecule has 0 saturated carbocycles. The van der Waals surface area contributed by atoms with Gasteiger partial charge in [0.25, 0.3) is 0 Å². The third-order valence-corrected chi connectivity index (χ3v) is 2.73. The zero-order chi connectivity index (χ0) is 9.26. The summed E-state index contributed by atoms with van der Waals surface area (Å²) in [6.45, 7) is 3.13. The SMILES string of the molecule is CCc1cccc([C@H]2CCN2)c1O. The fourth-order valence-electron chi connectivity index (χ4n) is 1.73. The van der Waals surface area contributed by atoms with Crippen molar-refractivity contribution in [2.75, 3.05) is 6.54 Å². The van der Waals surface area contributed by atoms with Gasteiger partial charge in [-0.15, -0.1) is 0 Å². The van der Waals surface area contributed by atoms with Gasteiger partial charge in [-0.25, -0.2) is 0 Å². The lowest BCUT2D eigenvalue weighted by atomic mass is 9.94. The molecule has 0 radical (unpaired) electrons. The zero-order valence-electron chi connectivity index (χ0n) is 7.88. The summed E-state index contributed by atoms with van der Waals surface area (Å²) < 4.78 is 0. The van der Waals surface area contributed by atoms with Gasteiger partial charge in [-0.1, -0.05) is 25.1 Å². The fourth-order valence-corrected chi connectivity index (χ4v) is 1.73. The van der Waals surface area contributed by atoms with Crippen LogP contribution in [0.1, 0.15) is 30.5 Å². The normalized spacial score (nSPS) is 21.2. The van der Waals surface area contributed by atoms with Crippen LogP contribution in [-0.4, -0.2) is 11.7 Å². The molecule has 1 atom stereocenters. The van der Waals surface area contributed by atoms with Crippen LogP contribution in [-0.2, 0) is 6.42 Å². The van der Waals surface area contributed by atoms with Crippen molar-refractivity contribution in [3.63, 3.8) is 0 Å². The Morgan fingerprint density at radius 2 is 2.31 bits per heavy atom. The van der Waals surface area contributed by atoms with Crippen molar-refractivity contribution in [2.24, 2.45) is 0 Å². The van der Waals surface area contributed by atoms with E-state index in [1.54, 1.807) is 0 Å². The molecule has 13 heavy (non-hydrogen) atoms. The third kappa shape index (κ3) is 1.42. The van der Waals surface area contributed by atoms with Crippen molar-refractivity contribution in [1.82, 2.24) is 5.32 Å². The number of hydrogen-bond acceptors (Lipinski definition) is 2. The van der Waals surface area contributed by atoms with E-state index in [-0.39, 0.29) is 0 Å². The van der Waals surface area contributed by atoms with Gasteiger partial charge >= 0.3 is 0 Å². The second-order valence-electron chi connectivity index (χ2n) is 3.50. The summed E-state index contributed by atoms with van der Waals surface area (Å²) in [6.07, 6.45) is 2.03. The first-order valence-electron chi connectivity index (χ1n) is 4.87. The van der Waals surface area contributed by atoms with E-state index in [0.717, 1.165) is 30.5 Å². The van der Waals surface area contributed by atoms with Crippen LogP contribution < -0.4 is 5.32 Å². The van der Waals surface area contributed by atoms with Gasteiger partial charge in [-0.3, -0.25) is 0 Å². The molecule has 0 spiro atoms. The van der Waals surface area contributed by atoms with Crippen molar-refractivity contribution < 1.29 is 5.11 Å². The average molecular weight is 177 g/mol. The van der Waals surface area contributed by atoms with Gasteiger partial charge in [-0.05, 0) is 24.9 Å². The van der Waals surface area contributed by atoms with Crippen LogP contribution in [0.25, 0.3) is 0 Å². The number of aromatic hydroxyl groups is 1. The Morgan fingerprint density at radius 3 is 2.85 bits per heavy atom. The number of rotatable bonds is 2. The summed E-state index contributed by atoms with van der Waals surface area (Å²) in [7, 11) is 0. The van der Waals surface area contributed by atoms with Gasteiger partial charge in [0.15, 0.2) is 0 Å². The number of aryl methyl sites for hydroxylation is 1. The molecule has 0 bridgehead atoms. The third-order valence-electron chi connectivity index (χ3n) is 2.73. The molecule has 0 aromatic heterocycles. The maximum Gasteiger partial charge on any atom is 0.123 e. The van der Waals surface area contributed by atoms with Crippen LogP contribution in [0.15, 0.2) is 18.2 Å². The molecule has 2 heteroatoms.